The van der Waals surface area contributed by atoms with E-state index in [0.717, 1.165) is 6.42 Å². The highest BCUT2D eigenvalue weighted by Gasteiger charge is 1.97. The molecule has 2 rings (SSSR count). The second kappa shape index (κ2) is 6.31. The molecule has 0 spiro atoms. The van der Waals surface area contributed by atoms with Crippen LogP contribution in [0.3, 0.4) is 0 Å². The molecule has 0 aliphatic carbocycles. The van der Waals surface area contributed by atoms with Gasteiger partial charge in [0.2, 0.25) is 0 Å². The maximum absolute atomic E-state index is 5.55. The van der Waals surface area contributed by atoms with Gasteiger partial charge in [-0.1, -0.05) is 54.6 Å². The molecule has 0 fully saturated rings. The molecule has 1 nitrogen and oxygen atoms in total. The molecule has 0 saturated heterocycles. The zero-order valence-electron chi connectivity index (χ0n) is 9.10. The van der Waals surface area contributed by atoms with Crippen molar-refractivity contribution in [2.45, 2.75) is 6.42 Å². The summed E-state index contributed by atoms with van der Waals surface area (Å²) in [4.78, 5) is 0. The molecule has 0 unspecified atom stereocenters. The predicted octanol–water partition coefficient (Wildman–Crippen LogP) is 3.28. The summed E-state index contributed by atoms with van der Waals surface area (Å²) in [6.45, 7) is 0.707. The van der Waals surface area contributed by atoms with E-state index < -0.39 is 0 Å². The van der Waals surface area contributed by atoms with E-state index in [-0.39, 0.29) is 12.4 Å². The average molecular weight is 234 g/mol. The van der Waals surface area contributed by atoms with Crippen molar-refractivity contribution >= 4 is 12.4 Å². The second-order valence-electron chi connectivity index (χ2n) is 3.61. The van der Waals surface area contributed by atoms with Gasteiger partial charge in [-0.3, -0.25) is 0 Å². The smallest absolute Gasteiger partial charge is 0.00367 e. The van der Waals surface area contributed by atoms with Crippen molar-refractivity contribution in [3.05, 3.63) is 60.2 Å². The molecule has 0 radical (unpaired) electrons. The van der Waals surface area contributed by atoms with E-state index in [4.69, 9.17) is 5.73 Å². The van der Waals surface area contributed by atoms with Crippen molar-refractivity contribution in [2.24, 2.45) is 5.73 Å². The molecule has 0 aliphatic heterocycles. The number of halogens is 1. The summed E-state index contributed by atoms with van der Waals surface area (Å²) in [6.07, 6.45) is 0.945. The Bertz CT molecular complexity index is 426. The van der Waals surface area contributed by atoms with Gasteiger partial charge in [0.15, 0.2) is 0 Å². The van der Waals surface area contributed by atoms with Gasteiger partial charge in [-0.2, -0.15) is 0 Å². The maximum atomic E-state index is 5.55. The molecule has 0 aliphatic rings. The molecule has 0 heterocycles. The Morgan fingerprint density at radius 1 is 0.812 bits per heavy atom. The van der Waals surface area contributed by atoms with Gasteiger partial charge >= 0.3 is 0 Å². The van der Waals surface area contributed by atoms with Crippen LogP contribution in [0.4, 0.5) is 0 Å². The summed E-state index contributed by atoms with van der Waals surface area (Å²) in [5.74, 6) is 0. The van der Waals surface area contributed by atoms with Gasteiger partial charge in [0.05, 0.1) is 0 Å². The lowest BCUT2D eigenvalue weighted by Crippen LogP contribution is -2.02. The third-order valence-corrected chi connectivity index (χ3v) is 2.47. The highest BCUT2D eigenvalue weighted by atomic mass is 35.5. The third-order valence-electron chi connectivity index (χ3n) is 2.47. The molecular formula is C14H16ClN. The van der Waals surface area contributed by atoms with Crippen LogP contribution in [0.2, 0.25) is 0 Å². The van der Waals surface area contributed by atoms with E-state index in [1.165, 1.54) is 16.7 Å². The lowest BCUT2D eigenvalue weighted by atomic mass is 10.0. The number of hydrogen-bond acceptors (Lipinski definition) is 1. The third kappa shape index (κ3) is 3.09. The summed E-state index contributed by atoms with van der Waals surface area (Å²) < 4.78 is 0. The molecule has 2 N–H and O–H groups in total. The van der Waals surface area contributed by atoms with Crippen molar-refractivity contribution in [2.75, 3.05) is 6.54 Å². The molecule has 0 amide bonds. The Morgan fingerprint density at radius 2 is 1.50 bits per heavy atom. The Labute approximate surface area is 103 Å². The first-order chi connectivity index (χ1) is 7.40. The van der Waals surface area contributed by atoms with Gasteiger partial charge in [-0.15, -0.1) is 12.4 Å². The summed E-state index contributed by atoms with van der Waals surface area (Å²) >= 11 is 0. The summed E-state index contributed by atoms with van der Waals surface area (Å²) in [6, 6.07) is 19.0. The van der Waals surface area contributed by atoms with Gasteiger partial charge in [0.1, 0.15) is 0 Å². The molecule has 0 atom stereocenters. The van der Waals surface area contributed by atoms with Crippen LogP contribution >= 0.6 is 12.4 Å². The van der Waals surface area contributed by atoms with Gasteiger partial charge in [0, 0.05) is 0 Å². The summed E-state index contributed by atoms with van der Waals surface area (Å²) in [5, 5.41) is 0. The Kier molecular flexibility index (Phi) is 5.03. The largest absolute Gasteiger partial charge is 0.330 e. The molecule has 16 heavy (non-hydrogen) atoms. The van der Waals surface area contributed by atoms with Gasteiger partial charge in [-0.25, -0.2) is 0 Å². The van der Waals surface area contributed by atoms with Crippen molar-refractivity contribution in [3.63, 3.8) is 0 Å². The highest BCUT2D eigenvalue weighted by Crippen LogP contribution is 2.19. The molecule has 0 aromatic heterocycles. The molecule has 2 aromatic carbocycles. The van der Waals surface area contributed by atoms with Crippen LogP contribution < -0.4 is 5.73 Å². The zero-order chi connectivity index (χ0) is 10.5. The summed E-state index contributed by atoms with van der Waals surface area (Å²) in [5.41, 5.74) is 9.38. The van der Waals surface area contributed by atoms with E-state index in [1.807, 2.05) is 6.07 Å². The van der Waals surface area contributed by atoms with Crippen LogP contribution in [0.5, 0.6) is 0 Å². The van der Waals surface area contributed by atoms with Crippen LogP contribution in [-0.4, -0.2) is 6.54 Å². The van der Waals surface area contributed by atoms with Crippen LogP contribution in [0, 0.1) is 0 Å². The Morgan fingerprint density at radius 3 is 2.19 bits per heavy atom. The fourth-order valence-electron chi connectivity index (χ4n) is 1.70. The Hall–Kier alpha value is -1.31. The van der Waals surface area contributed by atoms with Crippen LogP contribution in [0.25, 0.3) is 11.1 Å². The number of rotatable bonds is 3. The van der Waals surface area contributed by atoms with Gasteiger partial charge in [0.25, 0.3) is 0 Å². The molecular weight excluding hydrogens is 218 g/mol. The van der Waals surface area contributed by atoms with Crippen LogP contribution in [0.1, 0.15) is 5.56 Å². The van der Waals surface area contributed by atoms with E-state index in [1.54, 1.807) is 0 Å². The minimum Gasteiger partial charge on any atom is -0.330 e. The van der Waals surface area contributed by atoms with Crippen molar-refractivity contribution < 1.29 is 0 Å². The van der Waals surface area contributed by atoms with Crippen LogP contribution in [0.15, 0.2) is 54.6 Å². The molecule has 0 saturated carbocycles. The first-order valence-electron chi connectivity index (χ1n) is 5.24. The topological polar surface area (TPSA) is 26.0 Å². The predicted molar refractivity (Wildman–Crippen MR) is 71.9 cm³/mol. The number of hydrogen-bond donors (Lipinski definition) is 1. The van der Waals surface area contributed by atoms with E-state index in [9.17, 15) is 0 Å². The maximum Gasteiger partial charge on any atom is -0.00367 e. The fourth-order valence-corrected chi connectivity index (χ4v) is 1.70. The van der Waals surface area contributed by atoms with E-state index >= 15 is 0 Å². The number of nitrogens with two attached hydrogens (primary N) is 1. The zero-order valence-corrected chi connectivity index (χ0v) is 9.91. The minimum atomic E-state index is 0. The first kappa shape index (κ1) is 12.8. The second-order valence-corrected chi connectivity index (χ2v) is 3.61. The minimum absolute atomic E-state index is 0. The highest BCUT2D eigenvalue weighted by molar-refractivity contribution is 5.85. The van der Waals surface area contributed by atoms with Crippen LogP contribution in [-0.2, 0) is 6.42 Å². The quantitative estimate of drug-likeness (QED) is 0.865. The fraction of sp³-hybridized carbons (Fsp3) is 0.143. The standard InChI is InChI=1S/C14H15N.ClH/c15-10-9-12-5-4-8-14(11-12)13-6-2-1-3-7-13;/h1-8,11H,9-10,15H2;1H. The van der Waals surface area contributed by atoms with Crippen molar-refractivity contribution in [1.29, 1.82) is 0 Å². The SMILES string of the molecule is Cl.NCCc1cccc(-c2ccccc2)c1. The lowest BCUT2D eigenvalue weighted by Gasteiger charge is -2.04. The normalized spacial score (nSPS) is 9.56. The summed E-state index contributed by atoms with van der Waals surface area (Å²) in [7, 11) is 0. The van der Waals surface area contributed by atoms with Crippen molar-refractivity contribution in [3.8, 4) is 11.1 Å². The molecule has 2 heteroatoms. The van der Waals surface area contributed by atoms with Gasteiger partial charge in [-0.05, 0) is 29.7 Å². The first-order valence-corrected chi connectivity index (χ1v) is 5.24. The monoisotopic (exact) mass is 233 g/mol. The molecule has 84 valence electrons. The van der Waals surface area contributed by atoms with E-state index in [0.29, 0.717) is 6.54 Å². The molecule has 0 bridgehead atoms. The van der Waals surface area contributed by atoms with Gasteiger partial charge < -0.3 is 5.73 Å². The average Bonchev–Trinajstić information content (AvgIpc) is 2.31. The van der Waals surface area contributed by atoms with E-state index in [2.05, 4.69) is 48.5 Å². The lowest BCUT2D eigenvalue weighted by molar-refractivity contribution is 0.969. The Balaban J connectivity index is 0.00000128. The van der Waals surface area contributed by atoms with Crippen molar-refractivity contribution in [1.82, 2.24) is 0 Å². The number of benzene rings is 2. The molecule has 2 aromatic rings.